The highest BCUT2D eigenvalue weighted by molar-refractivity contribution is 5.29. The zero-order chi connectivity index (χ0) is 12.1. The van der Waals surface area contributed by atoms with Crippen LogP contribution in [0.25, 0.3) is 0 Å². The highest BCUT2D eigenvalue weighted by atomic mass is 16.5. The van der Waals surface area contributed by atoms with E-state index in [0.717, 1.165) is 12.1 Å². The molecule has 17 heavy (non-hydrogen) atoms. The summed E-state index contributed by atoms with van der Waals surface area (Å²) >= 11 is 0. The molecule has 2 N–H and O–H groups in total. The van der Waals surface area contributed by atoms with E-state index in [1.54, 1.807) is 12.1 Å². The summed E-state index contributed by atoms with van der Waals surface area (Å²) in [6.45, 7) is 0.796. The van der Waals surface area contributed by atoms with Gasteiger partial charge in [0.1, 0.15) is 5.75 Å². The quantitative estimate of drug-likeness (QED) is 0.831. The molecule has 2 rings (SSSR count). The van der Waals surface area contributed by atoms with E-state index in [-0.39, 0.29) is 11.4 Å². The van der Waals surface area contributed by atoms with Crippen LogP contribution in [0.5, 0.6) is 11.6 Å². The molecule has 88 valence electrons. The van der Waals surface area contributed by atoms with Crippen molar-refractivity contribution in [3.63, 3.8) is 0 Å². The summed E-state index contributed by atoms with van der Waals surface area (Å²) in [4.78, 5) is 17.7. The average molecular weight is 231 g/mol. The molecule has 5 nitrogen and oxygen atoms in total. The third kappa shape index (κ3) is 2.92. The average Bonchev–Trinajstić information content (AvgIpc) is 2.35. The Hall–Kier alpha value is -2.14. The molecular weight excluding hydrogens is 218 g/mol. The van der Waals surface area contributed by atoms with Crippen molar-refractivity contribution in [3.05, 3.63) is 52.6 Å². The van der Waals surface area contributed by atoms with Crippen LogP contribution in [0, 0.1) is 0 Å². The monoisotopic (exact) mass is 231 g/mol. The normalized spacial score (nSPS) is 10.2. The Balaban J connectivity index is 2.14. The first-order valence-corrected chi connectivity index (χ1v) is 5.24. The number of rotatable bonds is 4. The standard InChI is InChI=1S/C12H13N3O2/c1-13-8-9-2-4-10(5-3-9)17-12-11(16)14-6-7-15-12/h2-7,13H,8H2,1H3,(H,14,16). The number of hydrogen-bond acceptors (Lipinski definition) is 4. The highest BCUT2D eigenvalue weighted by Crippen LogP contribution is 2.16. The van der Waals surface area contributed by atoms with Crippen molar-refractivity contribution in [2.75, 3.05) is 7.05 Å². The lowest BCUT2D eigenvalue weighted by Crippen LogP contribution is -2.09. The molecule has 0 fully saturated rings. The fourth-order valence-electron chi connectivity index (χ4n) is 1.40. The minimum atomic E-state index is -0.341. The van der Waals surface area contributed by atoms with Crippen molar-refractivity contribution < 1.29 is 4.74 Å². The Morgan fingerprint density at radius 3 is 2.76 bits per heavy atom. The SMILES string of the molecule is CNCc1ccc(Oc2ncc[nH]c2=O)cc1. The number of aromatic nitrogens is 2. The Kier molecular flexibility index (Phi) is 3.52. The predicted molar refractivity (Wildman–Crippen MR) is 64.1 cm³/mol. The highest BCUT2D eigenvalue weighted by Gasteiger charge is 2.02. The van der Waals surface area contributed by atoms with Gasteiger partial charge in [0, 0.05) is 18.9 Å². The molecule has 0 saturated heterocycles. The zero-order valence-electron chi connectivity index (χ0n) is 9.43. The largest absolute Gasteiger partial charge is 0.435 e. The smallest absolute Gasteiger partial charge is 0.311 e. The maximum atomic E-state index is 11.3. The summed E-state index contributed by atoms with van der Waals surface area (Å²) in [6.07, 6.45) is 2.94. The Labute approximate surface area is 98.5 Å². The predicted octanol–water partition coefficient (Wildman–Crippen LogP) is 1.28. The molecule has 5 heteroatoms. The second kappa shape index (κ2) is 5.27. The van der Waals surface area contributed by atoms with Crippen LogP contribution in [0.4, 0.5) is 0 Å². The third-order valence-electron chi connectivity index (χ3n) is 2.19. The van der Waals surface area contributed by atoms with Gasteiger partial charge in [-0.05, 0) is 24.7 Å². The topological polar surface area (TPSA) is 67.0 Å². The van der Waals surface area contributed by atoms with Crippen molar-refractivity contribution in [1.29, 1.82) is 0 Å². The van der Waals surface area contributed by atoms with Gasteiger partial charge in [0.15, 0.2) is 0 Å². The lowest BCUT2D eigenvalue weighted by atomic mass is 10.2. The summed E-state index contributed by atoms with van der Waals surface area (Å²) < 4.78 is 5.37. The van der Waals surface area contributed by atoms with Crippen LogP contribution in [0.15, 0.2) is 41.5 Å². The van der Waals surface area contributed by atoms with Crippen molar-refractivity contribution in [2.24, 2.45) is 0 Å². The van der Waals surface area contributed by atoms with E-state index in [2.05, 4.69) is 15.3 Å². The molecule has 2 aromatic rings. The lowest BCUT2D eigenvalue weighted by Gasteiger charge is -2.04. The summed E-state index contributed by atoms with van der Waals surface area (Å²) in [5.41, 5.74) is 0.807. The van der Waals surface area contributed by atoms with Crippen molar-refractivity contribution in [2.45, 2.75) is 6.54 Å². The van der Waals surface area contributed by atoms with E-state index in [1.165, 1.54) is 12.4 Å². The molecule has 1 aromatic heterocycles. The number of nitrogens with zero attached hydrogens (tertiary/aromatic N) is 1. The molecule has 0 aliphatic carbocycles. The van der Waals surface area contributed by atoms with Crippen LogP contribution in [-0.4, -0.2) is 17.0 Å². The minimum absolute atomic E-state index is 0.0499. The Morgan fingerprint density at radius 2 is 2.12 bits per heavy atom. The molecule has 0 spiro atoms. The maximum Gasteiger partial charge on any atom is 0.311 e. The lowest BCUT2D eigenvalue weighted by molar-refractivity contribution is 0.454. The first-order chi connectivity index (χ1) is 8.29. The van der Waals surface area contributed by atoms with Gasteiger partial charge >= 0.3 is 5.56 Å². The van der Waals surface area contributed by atoms with Gasteiger partial charge in [-0.15, -0.1) is 0 Å². The molecule has 0 radical (unpaired) electrons. The van der Waals surface area contributed by atoms with Gasteiger partial charge in [0.25, 0.3) is 5.88 Å². The molecule has 0 saturated carbocycles. The molecule has 0 aliphatic rings. The van der Waals surface area contributed by atoms with Gasteiger partial charge in [-0.3, -0.25) is 4.79 Å². The fraction of sp³-hybridized carbons (Fsp3) is 0.167. The van der Waals surface area contributed by atoms with Crippen LogP contribution in [0.3, 0.4) is 0 Å². The number of benzene rings is 1. The molecular formula is C12H13N3O2. The molecule has 0 amide bonds. The summed E-state index contributed by atoms with van der Waals surface area (Å²) in [6, 6.07) is 7.48. The van der Waals surface area contributed by atoms with Gasteiger partial charge in [-0.25, -0.2) is 4.98 Å². The van der Waals surface area contributed by atoms with Crippen LogP contribution >= 0.6 is 0 Å². The second-order valence-corrected chi connectivity index (χ2v) is 3.50. The van der Waals surface area contributed by atoms with E-state index in [4.69, 9.17) is 4.74 Å². The molecule has 0 atom stereocenters. The van der Waals surface area contributed by atoms with Crippen LogP contribution in [-0.2, 0) is 6.54 Å². The second-order valence-electron chi connectivity index (χ2n) is 3.50. The van der Waals surface area contributed by atoms with Gasteiger partial charge in [0.05, 0.1) is 0 Å². The maximum absolute atomic E-state index is 11.3. The number of ether oxygens (including phenoxy) is 1. The van der Waals surface area contributed by atoms with Gasteiger partial charge < -0.3 is 15.0 Å². The van der Waals surface area contributed by atoms with Crippen molar-refractivity contribution in [1.82, 2.24) is 15.3 Å². The summed E-state index contributed by atoms with van der Waals surface area (Å²) in [7, 11) is 1.89. The first kappa shape index (κ1) is 11.3. The Morgan fingerprint density at radius 1 is 1.35 bits per heavy atom. The molecule has 0 aliphatic heterocycles. The van der Waals surface area contributed by atoms with E-state index in [0.29, 0.717) is 5.75 Å². The number of H-pyrrole nitrogens is 1. The Bertz CT molecular complexity index is 534. The van der Waals surface area contributed by atoms with Crippen LogP contribution < -0.4 is 15.6 Å². The molecule has 1 aromatic carbocycles. The van der Waals surface area contributed by atoms with Crippen molar-refractivity contribution >= 4 is 0 Å². The van der Waals surface area contributed by atoms with E-state index >= 15 is 0 Å². The van der Waals surface area contributed by atoms with Gasteiger partial charge in [-0.2, -0.15) is 0 Å². The van der Waals surface area contributed by atoms with E-state index in [9.17, 15) is 4.79 Å². The van der Waals surface area contributed by atoms with Crippen LogP contribution in [0.1, 0.15) is 5.56 Å². The minimum Gasteiger partial charge on any atom is -0.435 e. The van der Waals surface area contributed by atoms with Gasteiger partial charge in [-0.1, -0.05) is 12.1 Å². The third-order valence-corrected chi connectivity index (χ3v) is 2.19. The number of aromatic amines is 1. The number of nitrogens with one attached hydrogen (secondary N) is 2. The van der Waals surface area contributed by atoms with Crippen LogP contribution in [0.2, 0.25) is 0 Å². The van der Waals surface area contributed by atoms with Gasteiger partial charge in [0.2, 0.25) is 0 Å². The summed E-state index contributed by atoms with van der Waals surface area (Å²) in [5, 5.41) is 3.05. The molecule has 0 bridgehead atoms. The zero-order valence-corrected chi connectivity index (χ0v) is 9.43. The molecule has 1 heterocycles. The van der Waals surface area contributed by atoms with Crippen molar-refractivity contribution in [3.8, 4) is 11.6 Å². The summed E-state index contributed by atoms with van der Waals surface area (Å²) in [5.74, 6) is 0.642. The fourth-order valence-corrected chi connectivity index (χ4v) is 1.40. The van der Waals surface area contributed by atoms with E-state index < -0.39 is 0 Å². The van der Waals surface area contributed by atoms with E-state index in [1.807, 2.05) is 19.2 Å². The number of hydrogen-bond donors (Lipinski definition) is 2. The first-order valence-electron chi connectivity index (χ1n) is 5.24. The molecule has 0 unspecified atom stereocenters.